The van der Waals surface area contributed by atoms with Crippen LogP contribution in [0.2, 0.25) is 5.02 Å². The van der Waals surface area contributed by atoms with Gasteiger partial charge in [-0.3, -0.25) is 13.8 Å². The lowest BCUT2D eigenvalue weighted by atomic mass is 9.68. The Kier molecular flexibility index (Phi) is 11.3. The second-order valence-electron chi connectivity index (χ2n) is 13.6. The molecule has 1 saturated carbocycles. The van der Waals surface area contributed by atoms with Gasteiger partial charge in [0.05, 0.1) is 24.2 Å². The predicted molar refractivity (Wildman–Crippen MR) is 186 cm³/mol. The summed E-state index contributed by atoms with van der Waals surface area (Å²) in [5.74, 6) is 1.46. The molecule has 2 aliphatic carbocycles. The highest BCUT2D eigenvalue weighted by Crippen LogP contribution is 2.47. The predicted octanol–water partition coefficient (Wildman–Crippen LogP) is 6.65. The van der Waals surface area contributed by atoms with Crippen molar-refractivity contribution in [3.63, 3.8) is 0 Å². The molecule has 1 aliphatic heterocycles. The van der Waals surface area contributed by atoms with Crippen LogP contribution in [0.25, 0.3) is 0 Å². The van der Waals surface area contributed by atoms with Gasteiger partial charge < -0.3 is 20.1 Å². The summed E-state index contributed by atoms with van der Waals surface area (Å²) in [5, 5.41) is 0.706. The summed E-state index contributed by atoms with van der Waals surface area (Å²) in [6.45, 7) is 8.05. The number of nitrogens with zero attached hydrogens (tertiary/aromatic N) is 1. The Bertz CT molecular complexity index is 1480. The molecule has 9 heteroatoms. The minimum absolute atomic E-state index is 0.0282. The summed E-state index contributed by atoms with van der Waals surface area (Å²) in [6, 6.07) is 11.8. The zero-order chi connectivity index (χ0) is 33.0. The standard InChI is InChI=1S/C37H49ClN2O5S/c1-5-30(41)21-46(43)25(3)24(2)8-6-10-34(44-4)31-14-11-28(31)20-40-22-37(17-7-9-26-18-29(38)13-15-32(26)37)23-45-35-16-12-27(36(39)42)19-33(35)40/h6,10,12-13,15-16,18-19,24-25,28,31,34H,5,7-9,11,14,17,20-23H2,1-4H3,(H2,39,42)/b10-6+/t24-,25+,28-,31+,34-,37-,46+/m0/s1. The molecule has 1 amide bonds. The molecule has 0 unspecified atom stereocenters. The van der Waals surface area contributed by atoms with Gasteiger partial charge in [-0.1, -0.05) is 50.6 Å². The van der Waals surface area contributed by atoms with E-state index in [4.69, 9.17) is 26.8 Å². The number of ketones is 1. The number of methoxy groups -OCH3 is 1. The van der Waals surface area contributed by atoms with E-state index in [0.29, 0.717) is 30.4 Å². The lowest BCUT2D eigenvalue weighted by molar-refractivity contribution is -0.116. The van der Waals surface area contributed by atoms with E-state index in [0.717, 1.165) is 68.1 Å². The Morgan fingerprint density at radius 2 is 2.02 bits per heavy atom. The molecule has 3 aliphatic rings. The average molecular weight is 669 g/mol. The summed E-state index contributed by atoms with van der Waals surface area (Å²) in [5.41, 5.74) is 9.53. The molecule has 1 spiro atoms. The minimum Gasteiger partial charge on any atom is -0.490 e. The van der Waals surface area contributed by atoms with Crippen molar-refractivity contribution in [2.75, 3.05) is 37.5 Å². The number of allylic oxidation sites excluding steroid dienone is 1. The molecule has 0 bridgehead atoms. The largest absolute Gasteiger partial charge is 0.490 e. The third-order valence-corrected chi connectivity index (χ3v) is 12.8. The van der Waals surface area contributed by atoms with E-state index >= 15 is 0 Å². The molecule has 0 radical (unpaired) electrons. The Balaban J connectivity index is 1.34. The van der Waals surface area contributed by atoms with Crippen molar-refractivity contribution in [2.45, 2.75) is 82.5 Å². The van der Waals surface area contributed by atoms with Crippen molar-refractivity contribution in [3.8, 4) is 5.75 Å². The van der Waals surface area contributed by atoms with Gasteiger partial charge in [0.2, 0.25) is 5.91 Å². The van der Waals surface area contributed by atoms with E-state index in [1.165, 1.54) is 11.1 Å². The molecule has 7 atom stereocenters. The number of ether oxygens (including phenoxy) is 2. The number of rotatable bonds is 13. The van der Waals surface area contributed by atoms with E-state index in [1.807, 2.05) is 32.0 Å². The zero-order valence-corrected chi connectivity index (χ0v) is 29.2. The van der Waals surface area contributed by atoms with E-state index < -0.39 is 16.7 Å². The fourth-order valence-corrected chi connectivity index (χ4v) is 9.08. The summed E-state index contributed by atoms with van der Waals surface area (Å²) in [6.07, 6.45) is 10.8. The van der Waals surface area contributed by atoms with Gasteiger partial charge in [-0.25, -0.2) is 0 Å². The SMILES string of the molecule is CCC(=O)C[S@@](=O)[C@H](C)[C@@H](C)C/C=C/[C@H](OC)[C@@H]1CC[C@H]1CN1C[C@@]2(CCCc3cc(Cl)ccc32)COc2ccc(C(N)=O)cc21. The monoisotopic (exact) mass is 668 g/mol. The number of benzene rings is 2. The van der Waals surface area contributed by atoms with Crippen LogP contribution < -0.4 is 15.4 Å². The first-order chi connectivity index (χ1) is 22.0. The molecule has 46 heavy (non-hydrogen) atoms. The third kappa shape index (κ3) is 7.55. The van der Waals surface area contributed by atoms with Crippen LogP contribution in [0.3, 0.4) is 0 Å². The molecule has 1 heterocycles. The lowest BCUT2D eigenvalue weighted by Crippen LogP contribution is -2.49. The van der Waals surface area contributed by atoms with Crippen LogP contribution in [0.4, 0.5) is 5.69 Å². The van der Waals surface area contributed by atoms with E-state index in [-0.39, 0.29) is 34.2 Å². The van der Waals surface area contributed by atoms with Crippen molar-refractivity contribution in [1.82, 2.24) is 0 Å². The Morgan fingerprint density at radius 3 is 2.72 bits per heavy atom. The first-order valence-corrected chi connectivity index (χ1v) is 18.5. The molecule has 1 fully saturated rings. The molecular formula is C37H49ClN2O5S. The lowest BCUT2D eigenvalue weighted by Gasteiger charge is -2.46. The highest BCUT2D eigenvalue weighted by atomic mass is 35.5. The average Bonchev–Trinajstić information content (AvgIpc) is 3.18. The normalized spacial score (nSPS) is 25.0. The quantitative estimate of drug-likeness (QED) is 0.240. The number of primary amides is 1. The Hall–Kier alpha value is -2.68. The van der Waals surface area contributed by atoms with Crippen molar-refractivity contribution < 1.29 is 23.3 Å². The topological polar surface area (TPSA) is 98.9 Å². The summed E-state index contributed by atoms with van der Waals surface area (Å²) < 4.78 is 25.3. The Labute approximate surface area is 281 Å². The molecule has 250 valence electrons. The number of fused-ring (bicyclic) bond motifs is 3. The van der Waals surface area contributed by atoms with Gasteiger partial charge in [-0.15, -0.1) is 0 Å². The number of hydrogen-bond donors (Lipinski definition) is 1. The number of anilines is 1. The number of Topliss-reactive ketones (excluding diaryl/α,β-unsaturated/α-hetero) is 1. The van der Waals surface area contributed by atoms with E-state index in [1.54, 1.807) is 13.2 Å². The maximum Gasteiger partial charge on any atom is 0.248 e. The second kappa shape index (κ2) is 15.0. The maximum absolute atomic E-state index is 12.7. The highest BCUT2D eigenvalue weighted by Gasteiger charge is 2.44. The molecule has 5 rings (SSSR count). The molecule has 0 saturated heterocycles. The van der Waals surface area contributed by atoms with E-state index in [9.17, 15) is 13.8 Å². The van der Waals surface area contributed by atoms with Gasteiger partial charge in [0.1, 0.15) is 11.5 Å². The molecular weight excluding hydrogens is 620 g/mol. The first kappa shape index (κ1) is 34.6. The highest BCUT2D eigenvalue weighted by molar-refractivity contribution is 7.86. The molecule has 2 N–H and O–H groups in total. The molecule has 2 aromatic rings. The zero-order valence-electron chi connectivity index (χ0n) is 27.6. The van der Waals surface area contributed by atoms with Crippen LogP contribution in [-0.2, 0) is 32.2 Å². The number of carbonyl (C=O) groups is 2. The van der Waals surface area contributed by atoms with Gasteiger partial charge in [-0.2, -0.15) is 0 Å². The van der Waals surface area contributed by atoms with Crippen molar-refractivity contribution in [1.29, 1.82) is 0 Å². The number of amides is 1. The van der Waals surface area contributed by atoms with Crippen LogP contribution in [0.1, 0.15) is 80.8 Å². The number of halogens is 1. The first-order valence-electron chi connectivity index (χ1n) is 16.7. The van der Waals surface area contributed by atoms with Gasteiger partial charge in [0.15, 0.2) is 0 Å². The van der Waals surface area contributed by atoms with Crippen LogP contribution in [0.15, 0.2) is 48.6 Å². The smallest absolute Gasteiger partial charge is 0.248 e. The maximum atomic E-state index is 12.7. The van der Waals surface area contributed by atoms with Gasteiger partial charge in [-0.05, 0) is 97.7 Å². The summed E-state index contributed by atoms with van der Waals surface area (Å²) in [4.78, 5) is 26.5. The Morgan fingerprint density at radius 1 is 1.22 bits per heavy atom. The summed E-state index contributed by atoms with van der Waals surface area (Å²) >= 11 is 6.42. The number of carbonyl (C=O) groups excluding carboxylic acids is 2. The van der Waals surface area contributed by atoms with Gasteiger partial charge in [0.25, 0.3) is 0 Å². The van der Waals surface area contributed by atoms with Crippen molar-refractivity contribution in [3.05, 3.63) is 70.3 Å². The van der Waals surface area contributed by atoms with Gasteiger partial charge in [0, 0.05) is 58.7 Å². The fourth-order valence-electron chi connectivity index (χ4n) is 7.47. The number of nitrogens with two attached hydrogens (primary N) is 1. The van der Waals surface area contributed by atoms with Crippen molar-refractivity contribution in [2.24, 2.45) is 23.5 Å². The van der Waals surface area contributed by atoms with Crippen LogP contribution >= 0.6 is 11.6 Å². The molecule has 2 aromatic carbocycles. The fraction of sp³-hybridized carbons (Fsp3) is 0.568. The molecule has 0 aromatic heterocycles. The van der Waals surface area contributed by atoms with Gasteiger partial charge >= 0.3 is 0 Å². The summed E-state index contributed by atoms with van der Waals surface area (Å²) in [7, 11) is 0.613. The second-order valence-corrected chi connectivity index (χ2v) is 15.8. The van der Waals surface area contributed by atoms with Crippen LogP contribution in [0.5, 0.6) is 5.75 Å². The number of hydrogen-bond acceptors (Lipinski definition) is 6. The van der Waals surface area contributed by atoms with Crippen molar-refractivity contribution >= 4 is 39.8 Å². The van der Waals surface area contributed by atoms with Crippen LogP contribution in [0, 0.1) is 17.8 Å². The third-order valence-electron chi connectivity index (χ3n) is 10.7. The number of aryl methyl sites for hydroxylation is 1. The molecule has 7 nitrogen and oxygen atoms in total. The van der Waals surface area contributed by atoms with E-state index in [2.05, 4.69) is 36.1 Å². The van der Waals surface area contributed by atoms with Crippen LogP contribution in [-0.4, -0.2) is 59.8 Å². The minimum atomic E-state index is -1.16.